The lowest BCUT2D eigenvalue weighted by atomic mass is 10.1. The van der Waals surface area contributed by atoms with Crippen molar-refractivity contribution in [2.45, 2.75) is 13.5 Å². The number of pyridine rings is 1. The fourth-order valence-electron chi connectivity index (χ4n) is 1.60. The van der Waals surface area contributed by atoms with E-state index >= 15 is 0 Å². The largest absolute Gasteiger partial charge is 0.396 e. The number of aromatic nitrogens is 1. The molecule has 0 bridgehead atoms. The molecule has 0 aliphatic heterocycles. The summed E-state index contributed by atoms with van der Waals surface area (Å²) in [5.41, 5.74) is 8.82. The number of nitrogens with zero attached hydrogens (tertiary/aromatic N) is 1. The number of nitrogens with two attached hydrogens (primary N) is 1. The molecule has 1 aromatic carbocycles. The number of rotatable bonds is 3. The molecule has 1 heterocycles. The monoisotopic (exact) mass is 247 g/mol. The van der Waals surface area contributed by atoms with Crippen LogP contribution in [-0.2, 0) is 6.54 Å². The fraction of sp³-hybridized carbons (Fsp3) is 0.154. The Morgan fingerprint density at radius 2 is 2.12 bits per heavy atom. The van der Waals surface area contributed by atoms with E-state index in [9.17, 15) is 0 Å². The highest BCUT2D eigenvalue weighted by Gasteiger charge is 2.01. The van der Waals surface area contributed by atoms with Gasteiger partial charge in [0, 0.05) is 6.54 Å². The maximum absolute atomic E-state index is 5.82. The van der Waals surface area contributed by atoms with Gasteiger partial charge in [0.1, 0.15) is 5.15 Å². The zero-order valence-corrected chi connectivity index (χ0v) is 10.3. The van der Waals surface area contributed by atoms with E-state index in [0.717, 1.165) is 0 Å². The molecule has 0 radical (unpaired) electrons. The topological polar surface area (TPSA) is 50.9 Å². The molecule has 2 aromatic rings. The first-order valence-electron chi connectivity index (χ1n) is 5.36. The number of hydrogen-bond donors (Lipinski definition) is 2. The molecule has 1 aromatic heterocycles. The lowest BCUT2D eigenvalue weighted by molar-refractivity contribution is 1.11. The van der Waals surface area contributed by atoms with Gasteiger partial charge < -0.3 is 11.1 Å². The summed E-state index contributed by atoms with van der Waals surface area (Å²) in [6.07, 6.45) is 0. The van der Waals surface area contributed by atoms with Crippen LogP contribution in [0.25, 0.3) is 0 Å². The molecule has 4 heteroatoms. The lowest BCUT2D eigenvalue weighted by Gasteiger charge is -2.09. The number of benzene rings is 1. The first-order chi connectivity index (χ1) is 8.15. The molecular formula is C13H14ClN3. The van der Waals surface area contributed by atoms with Crippen molar-refractivity contribution in [3.8, 4) is 0 Å². The third-order valence-corrected chi connectivity index (χ3v) is 2.65. The third-order valence-electron chi connectivity index (χ3n) is 2.43. The molecule has 2 rings (SSSR count). The number of nitrogens with one attached hydrogen (secondary N) is 1. The van der Waals surface area contributed by atoms with Crippen molar-refractivity contribution >= 4 is 23.1 Å². The first-order valence-corrected chi connectivity index (χ1v) is 5.74. The molecule has 3 N–H and O–H groups in total. The van der Waals surface area contributed by atoms with Gasteiger partial charge in [-0.25, -0.2) is 4.98 Å². The van der Waals surface area contributed by atoms with Gasteiger partial charge in [0.25, 0.3) is 0 Å². The van der Waals surface area contributed by atoms with E-state index in [1.54, 1.807) is 12.1 Å². The van der Waals surface area contributed by atoms with Crippen LogP contribution in [0.2, 0.25) is 5.15 Å². The van der Waals surface area contributed by atoms with Crippen molar-refractivity contribution < 1.29 is 0 Å². The van der Waals surface area contributed by atoms with Gasteiger partial charge in [-0.3, -0.25) is 0 Å². The van der Waals surface area contributed by atoms with Crippen molar-refractivity contribution in [3.05, 3.63) is 52.7 Å². The molecule has 0 aliphatic rings. The van der Waals surface area contributed by atoms with Crippen LogP contribution in [0.15, 0.2) is 36.4 Å². The summed E-state index contributed by atoms with van der Waals surface area (Å²) < 4.78 is 0. The predicted molar refractivity (Wildman–Crippen MR) is 72.2 cm³/mol. The standard InChI is InChI=1S/C13H14ClN3/c1-9-3-2-4-10(7-9)8-16-13-11(15)5-6-12(14)17-13/h2-7H,8,15H2,1H3,(H,16,17). The van der Waals surface area contributed by atoms with Gasteiger partial charge in [-0.05, 0) is 24.6 Å². The molecule has 0 atom stereocenters. The lowest BCUT2D eigenvalue weighted by Crippen LogP contribution is -2.04. The number of nitrogen functional groups attached to an aromatic ring is 1. The second kappa shape index (κ2) is 5.06. The van der Waals surface area contributed by atoms with Gasteiger partial charge in [-0.1, -0.05) is 41.4 Å². The Kier molecular flexibility index (Phi) is 3.49. The zero-order valence-electron chi connectivity index (χ0n) is 9.57. The van der Waals surface area contributed by atoms with E-state index in [1.807, 2.05) is 6.07 Å². The molecule has 0 spiro atoms. The Balaban J connectivity index is 2.09. The summed E-state index contributed by atoms with van der Waals surface area (Å²) in [6.45, 7) is 2.74. The highest BCUT2D eigenvalue weighted by molar-refractivity contribution is 6.29. The number of aryl methyl sites for hydroxylation is 1. The summed E-state index contributed by atoms with van der Waals surface area (Å²) in [5, 5.41) is 3.61. The van der Waals surface area contributed by atoms with E-state index in [1.165, 1.54) is 11.1 Å². The van der Waals surface area contributed by atoms with Crippen LogP contribution in [-0.4, -0.2) is 4.98 Å². The summed E-state index contributed by atoms with van der Waals surface area (Å²) in [7, 11) is 0. The van der Waals surface area contributed by atoms with E-state index in [4.69, 9.17) is 17.3 Å². The predicted octanol–water partition coefficient (Wildman–Crippen LogP) is 3.24. The van der Waals surface area contributed by atoms with Crippen LogP contribution in [0.4, 0.5) is 11.5 Å². The van der Waals surface area contributed by atoms with Crippen molar-refractivity contribution in [3.63, 3.8) is 0 Å². The highest BCUT2D eigenvalue weighted by atomic mass is 35.5. The fourth-order valence-corrected chi connectivity index (χ4v) is 1.74. The Morgan fingerprint density at radius 1 is 1.29 bits per heavy atom. The number of hydrogen-bond acceptors (Lipinski definition) is 3. The van der Waals surface area contributed by atoms with Crippen LogP contribution in [0, 0.1) is 6.92 Å². The Labute approximate surface area is 106 Å². The normalized spacial score (nSPS) is 10.2. The van der Waals surface area contributed by atoms with Crippen LogP contribution in [0.1, 0.15) is 11.1 Å². The molecule has 0 saturated heterocycles. The average Bonchev–Trinajstić information content (AvgIpc) is 2.30. The number of anilines is 2. The SMILES string of the molecule is Cc1cccc(CNc2nc(Cl)ccc2N)c1. The Bertz CT molecular complexity index is 526. The minimum absolute atomic E-state index is 0.436. The zero-order chi connectivity index (χ0) is 12.3. The molecular weight excluding hydrogens is 234 g/mol. The van der Waals surface area contributed by atoms with Gasteiger partial charge in [0.15, 0.2) is 5.82 Å². The smallest absolute Gasteiger partial charge is 0.151 e. The maximum Gasteiger partial charge on any atom is 0.151 e. The first kappa shape index (κ1) is 11.7. The molecule has 0 saturated carbocycles. The Hall–Kier alpha value is -1.74. The van der Waals surface area contributed by atoms with Gasteiger partial charge in [0.2, 0.25) is 0 Å². The third kappa shape index (κ3) is 3.11. The van der Waals surface area contributed by atoms with Crippen molar-refractivity contribution in [2.24, 2.45) is 0 Å². The van der Waals surface area contributed by atoms with E-state index in [2.05, 4.69) is 35.4 Å². The minimum Gasteiger partial charge on any atom is -0.396 e. The molecule has 0 unspecified atom stereocenters. The van der Waals surface area contributed by atoms with E-state index in [-0.39, 0.29) is 0 Å². The van der Waals surface area contributed by atoms with Crippen molar-refractivity contribution in [1.29, 1.82) is 0 Å². The van der Waals surface area contributed by atoms with Gasteiger partial charge in [-0.2, -0.15) is 0 Å². The maximum atomic E-state index is 5.82. The van der Waals surface area contributed by atoms with Crippen LogP contribution < -0.4 is 11.1 Å². The second-order valence-corrected chi connectivity index (χ2v) is 4.30. The van der Waals surface area contributed by atoms with E-state index in [0.29, 0.717) is 23.2 Å². The van der Waals surface area contributed by atoms with Crippen LogP contribution >= 0.6 is 11.6 Å². The summed E-state index contributed by atoms with van der Waals surface area (Å²) in [4.78, 5) is 4.14. The van der Waals surface area contributed by atoms with Gasteiger partial charge in [0.05, 0.1) is 5.69 Å². The molecule has 88 valence electrons. The van der Waals surface area contributed by atoms with E-state index < -0.39 is 0 Å². The van der Waals surface area contributed by atoms with Gasteiger partial charge in [-0.15, -0.1) is 0 Å². The summed E-state index contributed by atoms with van der Waals surface area (Å²) in [5.74, 6) is 0.624. The molecule has 0 amide bonds. The van der Waals surface area contributed by atoms with Gasteiger partial charge >= 0.3 is 0 Å². The van der Waals surface area contributed by atoms with Crippen molar-refractivity contribution in [2.75, 3.05) is 11.1 Å². The second-order valence-electron chi connectivity index (χ2n) is 3.91. The highest BCUT2D eigenvalue weighted by Crippen LogP contribution is 2.19. The average molecular weight is 248 g/mol. The minimum atomic E-state index is 0.436. The van der Waals surface area contributed by atoms with Crippen LogP contribution in [0.3, 0.4) is 0 Å². The summed E-state index contributed by atoms with van der Waals surface area (Å²) >= 11 is 5.82. The molecule has 17 heavy (non-hydrogen) atoms. The molecule has 0 aliphatic carbocycles. The van der Waals surface area contributed by atoms with Crippen molar-refractivity contribution in [1.82, 2.24) is 4.98 Å². The summed E-state index contributed by atoms with van der Waals surface area (Å²) in [6, 6.07) is 11.7. The van der Waals surface area contributed by atoms with Crippen LogP contribution in [0.5, 0.6) is 0 Å². The number of halogens is 1. The molecule has 3 nitrogen and oxygen atoms in total. The quantitative estimate of drug-likeness (QED) is 0.819. The molecule has 0 fully saturated rings. The Morgan fingerprint density at radius 3 is 2.88 bits per heavy atom.